The van der Waals surface area contributed by atoms with E-state index in [9.17, 15) is 18.3 Å². The fourth-order valence-electron chi connectivity index (χ4n) is 1.80. The fraction of sp³-hybridized carbons (Fsp3) is 0.143. The van der Waals surface area contributed by atoms with Crippen molar-refractivity contribution in [1.82, 2.24) is 0 Å². The Morgan fingerprint density at radius 2 is 1.55 bits per heavy atom. The van der Waals surface area contributed by atoms with Gasteiger partial charge in [-0.1, -0.05) is 12.1 Å². The van der Waals surface area contributed by atoms with E-state index in [0.29, 0.717) is 4.47 Å². The molecule has 0 saturated heterocycles. The Hall–Kier alpha value is -1.53. The molecule has 106 valence electrons. The van der Waals surface area contributed by atoms with Crippen LogP contribution in [0, 0.1) is 17.5 Å². The fourth-order valence-corrected chi connectivity index (χ4v) is 2.28. The maximum atomic E-state index is 13.5. The van der Waals surface area contributed by atoms with Gasteiger partial charge in [0.05, 0.1) is 11.3 Å². The molecule has 1 unspecified atom stereocenters. The number of hydrogen-bond donors (Lipinski definition) is 2. The van der Waals surface area contributed by atoms with Crippen LogP contribution in [0.4, 0.5) is 18.9 Å². The van der Waals surface area contributed by atoms with Gasteiger partial charge in [-0.3, -0.25) is 0 Å². The summed E-state index contributed by atoms with van der Waals surface area (Å²) in [6.07, 6.45) is -1.43. The van der Waals surface area contributed by atoms with Crippen molar-refractivity contribution < 1.29 is 18.3 Å². The van der Waals surface area contributed by atoms with Crippen LogP contribution < -0.4 is 5.32 Å². The van der Waals surface area contributed by atoms with E-state index in [4.69, 9.17) is 0 Å². The summed E-state index contributed by atoms with van der Waals surface area (Å²) in [7, 11) is 0. The van der Waals surface area contributed by atoms with Crippen LogP contribution in [-0.2, 0) is 0 Å². The number of hydrogen-bond acceptors (Lipinski definition) is 2. The molecule has 0 aliphatic rings. The first-order chi connectivity index (χ1) is 9.50. The molecule has 0 spiro atoms. The summed E-state index contributed by atoms with van der Waals surface area (Å²) in [6, 6.07) is 7.69. The molecule has 2 nitrogen and oxygen atoms in total. The number of aliphatic hydroxyl groups is 1. The van der Waals surface area contributed by atoms with Crippen LogP contribution in [0.25, 0.3) is 0 Å². The Labute approximate surface area is 122 Å². The number of aliphatic hydroxyl groups excluding tert-OH is 1. The lowest BCUT2D eigenvalue weighted by Crippen LogP contribution is -2.16. The van der Waals surface area contributed by atoms with E-state index in [0.717, 1.165) is 12.1 Å². The average Bonchev–Trinajstić information content (AvgIpc) is 2.38. The highest BCUT2D eigenvalue weighted by molar-refractivity contribution is 9.10. The van der Waals surface area contributed by atoms with Crippen molar-refractivity contribution in [3.63, 3.8) is 0 Å². The third-order valence-corrected chi connectivity index (χ3v) is 3.43. The molecular weight excluding hydrogens is 335 g/mol. The summed E-state index contributed by atoms with van der Waals surface area (Å²) in [4.78, 5) is 0. The van der Waals surface area contributed by atoms with Gasteiger partial charge in [-0.05, 0) is 40.2 Å². The number of anilines is 1. The van der Waals surface area contributed by atoms with Crippen molar-refractivity contribution >= 4 is 21.6 Å². The largest absolute Gasteiger partial charge is 0.386 e. The summed E-state index contributed by atoms with van der Waals surface area (Å²) >= 11 is 3.15. The van der Waals surface area contributed by atoms with Crippen molar-refractivity contribution in [3.8, 4) is 0 Å². The highest BCUT2D eigenvalue weighted by Crippen LogP contribution is 2.27. The van der Waals surface area contributed by atoms with E-state index in [1.165, 1.54) is 18.2 Å². The van der Waals surface area contributed by atoms with E-state index in [1.807, 2.05) is 0 Å². The summed E-state index contributed by atoms with van der Waals surface area (Å²) in [5, 5.41) is 12.5. The highest BCUT2D eigenvalue weighted by Gasteiger charge is 2.18. The molecule has 0 radical (unpaired) electrons. The molecule has 0 bridgehead atoms. The first-order valence-electron chi connectivity index (χ1n) is 5.80. The van der Waals surface area contributed by atoms with Gasteiger partial charge in [0.2, 0.25) is 0 Å². The van der Waals surface area contributed by atoms with Crippen molar-refractivity contribution in [2.75, 3.05) is 11.9 Å². The molecule has 2 rings (SSSR count). The van der Waals surface area contributed by atoms with Crippen molar-refractivity contribution in [2.45, 2.75) is 6.10 Å². The third kappa shape index (κ3) is 3.13. The zero-order chi connectivity index (χ0) is 14.7. The van der Waals surface area contributed by atoms with Crippen molar-refractivity contribution in [3.05, 3.63) is 63.9 Å². The lowest BCUT2D eigenvalue weighted by Gasteiger charge is -2.15. The first-order valence-corrected chi connectivity index (χ1v) is 6.60. The molecule has 2 N–H and O–H groups in total. The summed E-state index contributed by atoms with van der Waals surface area (Å²) < 4.78 is 40.9. The molecule has 1 atom stereocenters. The second-order valence-electron chi connectivity index (χ2n) is 4.13. The predicted molar refractivity (Wildman–Crippen MR) is 73.9 cm³/mol. The number of nitrogens with one attached hydrogen (secondary N) is 1. The molecule has 0 aromatic heterocycles. The Kier molecular flexibility index (Phi) is 4.67. The van der Waals surface area contributed by atoms with Crippen molar-refractivity contribution in [1.29, 1.82) is 0 Å². The number of para-hydroxylation sites is 1. The smallest absolute Gasteiger partial charge is 0.147 e. The van der Waals surface area contributed by atoms with Crippen molar-refractivity contribution in [2.24, 2.45) is 0 Å². The Morgan fingerprint density at radius 1 is 1.00 bits per heavy atom. The topological polar surface area (TPSA) is 32.3 Å². The molecule has 0 aliphatic carbocycles. The molecule has 0 aliphatic heterocycles. The molecule has 0 amide bonds. The summed E-state index contributed by atoms with van der Waals surface area (Å²) in [5.41, 5.74) is -0.309. The zero-order valence-electron chi connectivity index (χ0n) is 10.2. The standard InChI is InChI=1S/C14H11BrF3NO/c15-8-3-1-6-11(18)14(8)19-7-12(20)13-9(16)4-2-5-10(13)17/h1-6,12,19-20H,7H2. The number of benzene rings is 2. The lowest BCUT2D eigenvalue weighted by molar-refractivity contribution is 0.181. The van der Waals surface area contributed by atoms with Gasteiger partial charge in [-0.15, -0.1) is 0 Å². The molecular formula is C14H11BrF3NO. The maximum absolute atomic E-state index is 13.5. The molecule has 20 heavy (non-hydrogen) atoms. The Balaban J connectivity index is 2.15. The molecule has 2 aromatic rings. The molecule has 0 fully saturated rings. The SMILES string of the molecule is OC(CNc1c(F)cccc1Br)c1c(F)cccc1F. The minimum atomic E-state index is -1.43. The van der Waals surface area contributed by atoms with Gasteiger partial charge in [-0.2, -0.15) is 0 Å². The van der Waals surface area contributed by atoms with E-state index in [1.54, 1.807) is 6.07 Å². The summed E-state index contributed by atoms with van der Waals surface area (Å²) in [6.45, 7) is -0.225. The monoisotopic (exact) mass is 345 g/mol. The molecule has 6 heteroatoms. The lowest BCUT2D eigenvalue weighted by atomic mass is 10.1. The molecule has 2 aromatic carbocycles. The predicted octanol–water partition coefficient (Wildman–Crippen LogP) is 4.01. The van der Waals surface area contributed by atoms with E-state index in [2.05, 4.69) is 21.2 Å². The van der Waals surface area contributed by atoms with Crippen LogP contribution in [0.3, 0.4) is 0 Å². The second-order valence-corrected chi connectivity index (χ2v) is 4.98. The normalized spacial score (nSPS) is 12.2. The second kappa shape index (κ2) is 6.28. The van der Waals surface area contributed by atoms with Gasteiger partial charge >= 0.3 is 0 Å². The van der Waals surface area contributed by atoms with E-state index >= 15 is 0 Å². The Bertz CT molecular complexity index is 581. The van der Waals surface area contributed by atoms with Crippen LogP contribution in [0.2, 0.25) is 0 Å². The molecule has 0 saturated carbocycles. The van der Waals surface area contributed by atoms with Gasteiger partial charge in [0.1, 0.15) is 23.6 Å². The van der Waals surface area contributed by atoms with Gasteiger partial charge in [-0.25, -0.2) is 13.2 Å². The van der Waals surface area contributed by atoms with Gasteiger partial charge in [0.25, 0.3) is 0 Å². The van der Waals surface area contributed by atoms with Gasteiger partial charge in [0.15, 0.2) is 0 Å². The van der Waals surface area contributed by atoms with Crippen LogP contribution >= 0.6 is 15.9 Å². The molecule has 0 heterocycles. The van der Waals surface area contributed by atoms with Crippen LogP contribution in [0.15, 0.2) is 40.9 Å². The van der Waals surface area contributed by atoms with Crippen LogP contribution in [0.5, 0.6) is 0 Å². The van der Waals surface area contributed by atoms with Gasteiger partial charge < -0.3 is 10.4 Å². The van der Waals surface area contributed by atoms with E-state index < -0.39 is 29.1 Å². The summed E-state index contributed by atoms with van der Waals surface area (Å²) in [5.74, 6) is -2.21. The highest BCUT2D eigenvalue weighted by atomic mass is 79.9. The van der Waals surface area contributed by atoms with Gasteiger partial charge in [0, 0.05) is 11.0 Å². The average molecular weight is 346 g/mol. The minimum absolute atomic E-state index is 0.128. The number of rotatable bonds is 4. The third-order valence-electron chi connectivity index (χ3n) is 2.77. The van der Waals surface area contributed by atoms with Crippen LogP contribution in [0.1, 0.15) is 11.7 Å². The van der Waals surface area contributed by atoms with E-state index in [-0.39, 0.29) is 12.2 Å². The zero-order valence-corrected chi connectivity index (χ0v) is 11.8. The maximum Gasteiger partial charge on any atom is 0.147 e. The van der Waals surface area contributed by atoms with Crippen LogP contribution in [-0.4, -0.2) is 11.7 Å². The number of halogens is 4. The quantitative estimate of drug-likeness (QED) is 0.877. The Morgan fingerprint density at radius 3 is 2.15 bits per heavy atom. The minimum Gasteiger partial charge on any atom is -0.386 e. The first kappa shape index (κ1) is 14.9.